The number of carbonyl (C=O) groups excluding carboxylic acids is 2. The molecule has 39 heavy (non-hydrogen) atoms. The van der Waals surface area contributed by atoms with Crippen molar-refractivity contribution in [2.24, 2.45) is 0 Å². The molecule has 0 amide bonds. The highest BCUT2D eigenvalue weighted by Gasteiger charge is 2.41. The van der Waals surface area contributed by atoms with Crippen LogP contribution in [0.5, 0.6) is 0 Å². The molecule has 0 spiro atoms. The zero-order valence-electron chi connectivity index (χ0n) is 21.2. The van der Waals surface area contributed by atoms with E-state index in [4.69, 9.17) is 9.47 Å². The van der Waals surface area contributed by atoms with Gasteiger partial charge in [-0.25, -0.2) is 9.59 Å². The maximum absolute atomic E-state index is 13.3. The summed E-state index contributed by atoms with van der Waals surface area (Å²) in [4.78, 5) is 31.2. The van der Waals surface area contributed by atoms with Crippen LogP contribution in [0.15, 0.2) is 59.3 Å². The Morgan fingerprint density at radius 2 is 1.10 bits per heavy atom. The first-order valence-corrected chi connectivity index (χ1v) is 16.1. The fourth-order valence-electron chi connectivity index (χ4n) is 3.82. The average molecular weight is 613 g/mol. The normalized spacial score (nSPS) is 10.9. The number of hydrogen-bond donors (Lipinski definition) is 0. The third kappa shape index (κ3) is 5.45. The number of thiophene rings is 5. The maximum atomic E-state index is 13.3. The van der Waals surface area contributed by atoms with Crippen molar-refractivity contribution in [1.29, 1.82) is 0 Å². The lowest BCUT2D eigenvalue weighted by atomic mass is 10.1. The average Bonchev–Trinajstić information content (AvgIpc) is 3.75. The standard InChI is InChI=1S/C28H24N2O4S5/c1-5-33-27(31)23-24(28(32)34-6-2)26(30(4)22-14-12-20(38-22)18-10-8-16-36-18)39-25(23)29(3)21-13-11-19(37-21)17-9-7-15-35-17/h7-16H,3-6H2,1-2H3/q+2. The van der Waals surface area contributed by atoms with Gasteiger partial charge in [0.25, 0.3) is 20.0 Å². The van der Waals surface area contributed by atoms with Crippen LogP contribution < -0.4 is 9.15 Å². The monoisotopic (exact) mass is 612 g/mol. The molecule has 5 aromatic heterocycles. The highest BCUT2D eigenvalue weighted by molar-refractivity contribution is 7.25. The lowest BCUT2D eigenvalue weighted by Gasteiger charge is -2.05. The number of ether oxygens (including phenoxy) is 2. The van der Waals surface area contributed by atoms with E-state index in [9.17, 15) is 9.59 Å². The van der Waals surface area contributed by atoms with Gasteiger partial charge >= 0.3 is 11.9 Å². The van der Waals surface area contributed by atoms with Crippen molar-refractivity contribution in [3.63, 3.8) is 0 Å². The van der Waals surface area contributed by atoms with Crippen molar-refractivity contribution < 1.29 is 19.1 Å². The summed E-state index contributed by atoms with van der Waals surface area (Å²) < 4.78 is 14.2. The van der Waals surface area contributed by atoms with Crippen molar-refractivity contribution in [3.8, 4) is 19.5 Å². The molecular formula is C28H24N2O4S5+2. The zero-order chi connectivity index (χ0) is 27.5. The highest BCUT2D eigenvalue weighted by Crippen LogP contribution is 2.47. The molecule has 0 bridgehead atoms. The van der Waals surface area contributed by atoms with E-state index in [0.29, 0.717) is 10.0 Å². The van der Waals surface area contributed by atoms with E-state index in [1.54, 1.807) is 68.3 Å². The molecule has 0 saturated carbocycles. The number of carbonyl (C=O) groups is 2. The molecular weight excluding hydrogens is 589 g/mol. The smallest absolute Gasteiger partial charge is 0.347 e. The predicted octanol–water partition coefficient (Wildman–Crippen LogP) is 8.75. The van der Waals surface area contributed by atoms with E-state index in [1.165, 1.54) is 11.3 Å². The zero-order valence-corrected chi connectivity index (χ0v) is 25.3. The molecule has 0 N–H and O–H groups in total. The molecule has 0 radical (unpaired) electrons. The van der Waals surface area contributed by atoms with Crippen molar-refractivity contribution >= 4 is 102 Å². The van der Waals surface area contributed by atoms with E-state index in [1.807, 2.05) is 47.2 Å². The van der Waals surface area contributed by atoms with Gasteiger partial charge in [0, 0.05) is 33.2 Å². The first-order chi connectivity index (χ1) is 18.9. The van der Waals surface area contributed by atoms with E-state index in [-0.39, 0.29) is 24.3 Å². The summed E-state index contributed by atoms with van der Waals surface area (Å²) in [5.74, 6) is -1.22. The van der Waals surface area contributed by atoms with Crippen LogP contribution >= 0.6 is 56.7 Å². The Kier molecular flexibility index (Phi) is 8.34. The van der Waals surface area contributed by atoms with Gasteiger partial charge in [0.2, 0.25) is 0 Å². The first kappa shape index (κ1) is 27.4. The summed E-state index contributed by atoms with van der Waals surface area (Å²) in [6.07, 6.45) is 0. The van der Waals surface area contributed by atoms with Crippen LogP contribution in [0.4, 0.5) is 20.0 Å². The number of rotatable bonds is 10. The van der Waals surface area contributed by atoms with Crippen LogP contribution in [-0.2, 0) is 9.47 Å². The summed E-state index contributed by atoms with van der Waals surface area (Å²) in [7, 11) is 0. The van der Waals surface area contributed by atoms with Crippen molar-refractivity contribution in [2.45, 2.75) is 13.8 Å². The largest absolute Gasteiger partial charge is 0.462 e. The first-order valence-electron chi connectivity index (χ1n) is 11.9. The van der Waals surface area contributed by atoms with Gasteiger partial charge in [-0.2, -0.15) is 0 Å². The van der Waals surface area contributed by atoms with Crippen LogP contribution in [0.1, 0.15) is 34.6 Å². The molecule has 198 valence electrons. The Morgan fingerprint density at radius 1 is 0.667 bits per heavy atom. The van der Waals surface area contributed by atoms with E-state index in [2.05, 4.69) is 25.6 Å². The minimum atomic E-state index is -0.611. The highest BCUT2D eigenvalue weighted by atomic mass is 32.1. The second-order valence-electron chi connectivity index (χ2n) is 7.99. The van der Waals surface area contributed by atoms with Gasteiger partial charge in [0.15, 0.2) is 11.1 Å². The maximum Gasteiger partial charge on any atom is 0.347 e. The second-order valence-corrected chi connectivity index (χ2v) is 13.0. The van der Waals surface area contributed by atoms with Crippen LogP contribution in [-0.4, -0.2) is 38.6 Å². The van der Waals surface area contributed by atoms with Gasteiger partial charge in [0.1, 0.15) is 13.4 Å². The third-order valence-corrected chi connectivity index (χ3v) is 11.1. The predicted molar refractivity (Wildman–Crippen MR) is 169 cm³/mol. The summed E-state index contributed by atoms with van der Waals surface area (Å²) in [6, 6.07) is 16.1. The molecule has 0 aliphatic rings. The lowest BCUT2D eigenvalue weighted by molar-refractivity contribution is 0.0481. The van der Waals surface area contributed by atoms with E-state index < -0.39 is 11.9 Å². The minimum absolute atomic E-state index is 0.125. The van der Waals surface area contributed by atoms with Crippen LogP contribution in [0.25, 0.3) is 19.5 Å². The van der Waals surface area contributed by atoms with Crippen molar-refractivity contribution in [3.05, 3.63) is 70.4 Å². The fourth-order valence-corrected chi connectivity index (χ4v) is 8.68. The van der Waals surface area contributed by atoms with E-state index in [0.717, 1.165) is 29.5 Å². The van der Waals surface area contributed by atoms with Gasteiger partial charge in [-0.15, -0.1) is 31.8 Å². The van der Waals surface area contributed by atoms with Crippen LogP contribution in [0, 0.1) is 0 Å². The van der Waals surface area contributed by atoms with E-state index >= 15 is 0 Å². The van der Waals surface area contributed by atoms with Gasteiger partial charge in [0.05, 0.1) is 23.0 Å². The Labute approximate surface area is 246 Å². The Balaban J connectivity index is 1.63. The lowest BCUT2D eigenvalue weighted by Crippen LogP contribution is -2.16. The molecule has 0 aromatic carbocycles. The summed E-state index contributed by atoms with van der Waals surface area (Å²) in [5.41, 5.74) is 0.250. The number of hydrogen-bond acceptors (Lipinski definition) is 9. The molecule has 11 heteroatoms. The molecule has 0 saturated heterocycles. The quantitative estimate of drug-likeness (QED) is 0.0899. The van der Waals surface area contributed by atoms with Gasteiger partial charge in [-0.1, -0.05) is 34.8 Å². The van der Waals surface area contributed by atoms with Crippen LogP contribution in [0.3, 0.4) is 0 Å². The number of esters is 2. The molecule has 0 atom stereocenters. The third-order valence-electron chi connectivity index (χ3n) is 5.56. The van der Waals surface area contributed by atoms with Crippen molar-refractivity contribution in [1.82, 2.24) is 9.15 Å². The van der Waals surface area contributed by atoms with Gasteiger partial charge in [-0.05, 0) is 48.9 Å². The van der Waals surface area contributed by atoms with Gasteiger partial charge in [-0.3, -0.25) is 0 Å². The van der Waals surface area contributed by atoms with Crippen molar-refractivity contribution in [2.75, 3.05) is 13.2 Å². The van der Waals surface area contributed by atoms with Crippen LogP contribution in [0.2, 0.25) is 0 Å². The SMILES string of the molecule is C=[N+](c1ccc(-c2cccs2)s1)c1sc([N+](=C)c2ccc(-c3cccs3)s2)c(C(=O)OCC)c1C(=O)OCC. The summed E-state index contributed by atoms with van der Waals surface area (Å²) >= 11 is 7.68. The second kappa shape index (κ2) is 11.9. The molecule has 0 fully saturated rings. The molecule has 5 rings (SSSR count). The summed E-state index contributed by atoms with van der Waals surface area (Å²) in [5, 5.41) is 6.66. The molecule has 5 heterocycles. The Morgan fingerprint density at radius 3 is 1.46 bits per heavy atom. The fraction of sp³-hybridized carbons (Fsp3) is 0.143. The minimum Gasteiger partial charge on any atom is -0.462 e. The molecule has 0 aliphatic heterocycles. The molecule has 6 nitrogen and oxygen atoms in total. The Hall–Kier alpha value is -3.22. The molecule has 0 aliphatic carbocycles. The summed E-state index contributed by atoms with van der Waals surface area (Å²) in [6.45, 7) is 12.3. The van der Waals surface area contributed by atoms with Gasteiger partial charge < -0.3 is 9.47 Å². The Bertz CT molecular complexity index is 1530. The topological polar surface area (TPSA) is 58.6 Å². The number of nitrogens with zero attached hydrogens (tertiary/aromatic N) is 2. The molecule has 0 unspecified atom stereocenters. The molecule has 5 aromatic rings.